The molecule has 4 aliphatic heterocycles. The fourth-order valence-corrected chi connectivity index (χ4v) is 21.2. The number of imidazole rings is 1. The summed E-state index contributed by atoms with van der Waals surface area (Å²) in [5.41, 5.74) is 7.41. The molecule has 4 saturated heterocycles. The third-order valence-electron chi connectivity index (χ3n) is 18.8. The monoisotopic (exact) mass is 1400 g/mol. The van der Waals surface area contributed by atoms with Gasteiger partial charge in [0.1, 0.15) is 26.4 Å². The predicted octanol–water partition coefficient (Wildman–Crippen LogP) is 13.5. The minimum absolute atomic E-state index is 0.0955. The molecule has 4 aliphatic rings. The van der Waals surface area contributed by atoms with Gasteiger partial charge in [0.2, 0.25) is 0 Å². The molecule has 1 aromatic carbocycles. The molecule has 498 valence electrons. The van der Waals surface area contributed by atoms with Gasteiger partial charge in [-0.2, -0.15) is 15.3 Å². The molecule has 0 aliphatic carbocycles. The summed E-state index contributed by atoms with van der Waals surface area (Å²) in [6.45, 7) is 23.0. The van der Waals surface area contributed by atoms with E-state index in [9.17, 15) is 0 Å². The lowest BCUT2D eigenvalue weighted by molar-refractivity contribution is 0.160. The molecule has 0 saturated carbocycles. The van der Waals surface area contributed by atoms with Gasteiger partial charge in [0.15, 0.2) is 56.0 Å². The quantitative estimate of drug-likeness (QED) is 0.0761. The Bertz CT molecular complexity index is 4560. The molecule has 4 fully saturated rings. The number of benzene rings is 1. The second-order valence-electron chi connectivity index (χ2n) is 29.1. The minimum atomic E-state index is 0.0955. The number of hydrogen-bond acceptors (Lipinski definition) is 26. The lowest BCUT2D eigenvalue weighted by Crippen LogP contribution is -2.61. The third kappa shape index (κ3) is 13.1. The number of nitrogens with one attached hydrogen (secondary N) is 5. The number of nitrogens with zero attached hydrogens (tertiary/aromatic N) is 19. The van der Waals surface area contributed by atoms with E-state index < -0.39 is 0 Å². The SMILES string of the molecule is CN(c1nc2sc(-c3ccc(-c4cn[nH]c4)c4[nH]cnc34)nc2s1)C1CC(C)(C)NC(C)(C)C1.CN(c1nc2sc(-c3cnc(-n4cccn4)cn3)nc2s1)C1CC(C)(C)NC(C)(C)C1.CN(c1nc2sc(-c3cnc(-n4cccn4)cn3)nc2s1)C1C[C@]2(C)CC[C@](C)(C1)N2. The highest BCUT2D eigenvalue weighted by Gasteiger charge is 2.50. The number of piperidine rings is 3. The highest BCUT2D eigenvalue weighted by Crippen LogP contribution is 2.47. The van der Waals surface area contributed by atoms with Gasteiger partial charge in [-0.05, 0) is 139 Å². The second-order valence-corrected chi connectivity index (χ2v) is 34.9. The molecule has 3 atom stereocenters. The summed E-state index contributed by atoms with van der Waals surface area (Å²) in [5, 5.41) is 32.5. The van der Waals surface area contributed by atoms with Crippen molar-refractivity contribution in [3.05, 3.63) is 92.6 Å². The summed E-state index contributed by atoms with van der Waals surface area (Å²) in [4.78, 5) is 68.1. The highest BCUT2D eigenvalue weighted by atomic mass is 32.1. The van der Waals surface area contributed by atoms with Crippen LogP contribution in [0.5, 0.6) is 0 Å². The maximum absolute atomic E-state index is 4.99. The maximum Gasteiger partial charge on any atom is 0.188 e. The molecule has 12 aromatic heterocycles. The molecule has 24 nitrogen and oxygen atoms in total. The van der Waals surface area contributed by atoms with Crippen LogP contribution in [-0.4, -0.2) is 162 Å². The normalized spacial score (nSPS) is 21.4. The molecule has 16 heterocycles. The van der Waals surface area contributed by atoms with Crippen LogP contribution in [0.2, 0.25) is 0 Å². The van der Waals surface area contributed by atoms with Crippen LogP contribution >= 0.6 is 68.0 Å². The third-order valence-corrected chi connectivity index (χ3v) is 25.2. The smallest absolute Gasteiger partial charge is 0.188 e. The van der Waals surface area contributed by atoms with Crippen LogP contribution in [0.1, 0.15) is 121 Å². The molecule has 0 radical (unpaired) electrons. The van der Waals surface area contributed by atoms with E-state index in [-0.39, 0.29) is 33.2 Å². The molecule has 13 aromatic rings. The summed E-state index contributed by atoms with van der Waals surface area (Å²) < 4.78 is 3.37. The van der Waals surface area contributed by atoms with Gasteiger partial charge in [0.05, 0.1) is 48.3 Å². The van der Waals surface area contributed by atoms with E-state index in [4.69, 9.17) is 29.9 Å². The molecule has 5 N–H and O–H groups in total. The average Bonchev–Trinajstić information content (AvgIpc) is 1.57. The van der Waals surface area contributed by atoms with Crippen molar-refractivity contribution in [2.24, 2.45) is 0 Å². The van der Waals surface area contributed by atoms with E-state index in [0.29, 0.717) is 29.8 Å². The summed E-state index contributed by atoms with van der Waals surface area (Å²) in [5.74, 6) is 1.37. The number of rotatable bonds is 12. The van der Waals surface area contributed by atoms with Gasteiger partial charge in [0, 0.05) is 120 Å². The molecule has 96 heavy (non-hydrogen) atoms. The standard InChI is InChI=1S/C24H28N8S2.C21H24N8S2.C21H26N8S2/c1-23(2)8-14(9-24(3,4)31-23)32(5)22-30-21-20(34-22)29-19(33-21)16-7-6-15(13-10-27-28-11-13)17-18(16)26-12-25-17;1-20-5-6-21(2,27-20)10-13(9-20)28(3)19-26-18-17(31-19)25-16(30-18)14-11-23-15(12-22-14)29-8-4-7-24-29;1-20(2)9-13(10-21(3,4)27-20)28(5)19-26-18-17(31-19)25-16(30-18)14-11-23-15(12-22-14)29-8-6-7-24-29/h6-7,10-12,14,31H,8-9H2,1-5H3,(H,25,26)(H,27,28);4,7-8,11-13,27H,5-6,9-10H2,1-3H3;6-8,11-13,27H,9-10H2,1-5H3/t;13?,20-,21+;. The van der Waals surface area contributed by atoms with Crippen LogP contribution in [0.4, 0.5) is 15.4 Å². The van der Waals surface area contributed by atoms with Gasteiger partial charge >= 0.3 is 0 Å². The van der Waals surface area contributed by atoms with Gasteiger partial charge in [-0.3, -0.25) is 5.10 Å². The number of H-pyrrole nitrogens is 2. The van der Waals surface area contributed by atoms with Crippen molar-refractivity contribution in [3.63, 3.8) is 0 Å². The Balaban J connectivity index is 0.000000118. The van der Waals surface area contributed by atoms with Gasteiger partial charge in [-0.25, -0.2) is 64.2 Å². The lowest BCUT2D eigenvalue weighted by atomic mass is 9.79. The molecule has 30 heteroatoms. The number of aromatic nitrogens is 18. The molecular formula is C66H78N24S6. The summed E-state index contributed by atoms with van der Waals surface area (Å²) in [7, 11) is 6.52. The van der Waals surface area contributed by atoms with E-state index in [2.05, 4.69) is 183 Å². The zero-order valence-electron chi connectivity index (χ0n) is 56.0. The van der Waals surface area contributed by atoms with Gasteiger partial charge in [0.25, 0.3) is 0 Å². The second kappa shape index (κ2) is 24.4. The maximum atomic E-state index is 4.99. The Hall–Kier alpha value is -7.68. The Labute approximate surface area is 580 Å². The Morgan fingerprint density at radius 1 is 0.458 bits per heavy atom. The summed E-state index contributed by atoms with van der Waals surface area (Å²) in [6.07, 6.45) is 28.7. The topological polar surface area (TPSA) is 268 Å². The fraction of sp³-hybridized carbons (Fsp3) is 0.455. The number of thiazole rings is 6. The highest BCUT2D eigenvalue weighted by molar-refractivity contribution is 7.31. The fourth-order valence-electron chi connectivity index (χ4n) is 15.1. The average molecular weight is 1400 g/mol. The summed E-state index contributed by atoms with van der Waals surface area (Å²) in [6, 6.07) is 9.29. The van der Waals surface area contributed by atoms with Gasteiger partial charge in [-0.1, -0.05) is 74.1 Å². The molecule has 2 bridgehead atoms. The van der Waals surface area contributed by atoms with Crippen molar-refractivity contribution < 1.29 is 0 Å². The molecular weight excluding hydrogens is 1320 g/mol. The van der Waals surface area contributed by atoms with E-state index in [1.54, 1.807) is 121 Å². The Morgan fingerprint density at radius 2 is 0.885 bits per heavy atom. The number of aromatic amines is 2. The first-order valence-corrected chi connectivity index (χ1v) is 37.2. The molecule has 0 amide bonds. The van der Waals surface area contributed by atoms with Crippen molar-refractivity contribution >= 4 is 123 Å². The largest absolute Gasteiger partial charge is 0.348 e. The van der Waals surface area contributed by atoms with Crippen molar-refractivity contribution in [1.82, 2.24) is 106 Å². The van der Waals surface area contributed by atoms with Crippen LogP contribution in [0.25, 0.3) is 94.8 Å². The van der Waals surface area contributed by atoms with Crippen molar-refractivity contribution in [3.8, 4) is 54.7 Å². The van der Waals surface area contributed by atoms with Crippen LogP contribution < -0.4 is 30.7 Å². The first kappa shape index (κ1) is 64.3. The van der Waals surface area contributed by atoms with E-state index in [1.165, 1.54) is 12.8 Å². The van der Waals surface area contributed by atoms with Crippen LogP contribution in [0.3, 0.4) is 0 Å². The molecule has 0 spiro atoms. The first-order valence-electron chi connectivity index (χ1n) is 32.3. The van der Waals surface area contributed by atoms with E-state index >= 15 is 0 Å². The van der Waals surface area contributed by atoms with Crippen molar-refractivity contribution in [2.75, 3.05) is 35.8 Å². The first-order chi connectivity index (χ1) is 45.8. The van der Waals surface area contributed by atoms with Crippen molar-refractivity contribution in [2.45, 2.75) is 172 Å². The summed E-state index contributed by atoms with van der Waals surface area (Å²) >= 11 is 9.76. The van der Waals surface area contributed by atoms with Crippen LogP contribution in [-0.2, 0) is 0 Å². The van der Waals surface area contributed by atoms with Crippen LogP contribution in [0.15, 0.2) is 92.6 Å². The zero-order valence-corrected chi connectivity index (χ0v) is 60.9. The van der Waals surface area contributed by atoms with E-state index in [0.717, 1.165) is 137 Å². The van der Waals surface area contributed by atoms with Gasteiger partial charge in [-0.15, -0.1) is 0 Å². The zero-order chi connectivity index (χ0) is 66.7. The lowest BCUT2D eigenvalue weighted by Gasteiger charge is -2.48. The minimum Gasteiger partial charge on any atom is -0.348 e. The molecule has 17 rings (SSSR count). The predicted molar refractivity (Wildman–Crippen MR) is 391 cm³/mol. The van der Waals surface area contributed by atoms with Crippen molar-refractivity contribution in [1.29, 1.82) is 0 Å². The van der Waals surface area contributed by atoms with Gasteiger partial charge < -0.3 is 35.6 Å². The number of anilines is 3. The Morgan fingerprint density at radius 3 is 1.29 bits per heavy atom. The van der Waals surface area contributed by atoms with E-state index in [1.807, 2.05) is 36.9 Å². The molecule has 1 unspecified atom stereocenters. The Kier molecular flexibility index (Phi) is 16.3. The van der Waals surface area contributed by atoms with Crippen LogP contribution in [0, 0.1) is 0 Å². The number of fused-ring (bicyclic) bond motifs is 6. The number of hydrogen-bond donors (Lipinski definition) is 5.